The van der Waals surface area contributed by atoms with Gasteiger partial charge in [0.1, 0.15) is 0 Å². The maximum Gasteiger partial charge on any atom is 0.168 e. The van der Waals surface area contributed by atoms with Crippen molar-refractivity contribution in [1.29, 1.82) is 0 Å². The van der Waals surface area contributed by atoms with Gasteiger partial charge in [-0.2, -0.15) is 0 Å². The number of nitrogens with two attached hydrogens (primary N) is 1. The van der Waals surface area contributed by atoms with E-state index in [1.165, 1.54) is 0 Å². The van der Waals surface area contributed by atoms with Crippen LogP contribution in [0.3, 0.4) is 0 Å². The first kappa shape index (κ1) is 12.7. The number of nitrogens with zero attached hydrogens (tertiary/aromatic N) is 1. The Kier molecular flexibility index (Phi) is 4.05. The van der Waals surface area contributed by atoms with Crippen molar-refractivity contribution < 1.29 is 4.79 Å². The predicted molar refractivity (Wildman–Crippen MR) is 73.5 cm³/mol. The molecule has 1 heterocycles. The van der Waals surface area contributed by atoms with Crippen molar-refractivity contribution >= 4 is 16.7 Å². The number of carbonyl (C=O) groups is 1. The summed E-state index contributed by atoms with van der Waals surface area (Å²) in [7, 11) is 0. The number of rotatable bonds is 5. The molecule has 1 atom stereocenters. The van der Waals surface area contributed by atoms with Crippen LogP contribution in [0.5, 0.6) is 0 Å². The van der Waals surface area contributed by atoms with E-state index in [1.54, 1.807) is 6.20 Å². The standard InChI is InChI=1S/C15H18N2O/c1-2-5-12(9-16)15(18)13-8-11-6-3-4-7-14(11)17-10-13/h3-4,6-8,10,12H,2,5,9,16H2,1H3. The van der Waals surface area contributed by atoms with Gasteiger partial charge in [0.2, 0.25) is 0 Å². The number of Topliss-reactive ketones (excluding diaryl/α,β-unsaturated/α-hetero) is 1. The molecule has 0 spiro atoms. The highest BCUT2D eigenvalue weighted by atomic mass is 16.1. The minimum atomic E-state index is -0.0852. The van der Waals surface area contributed by atoms with Crippen LogP contribution in [0.25, 0.3) is 10.9 Å². The molecule has 3 heteroatoms. The van der Waals surface area contributed by atoms with Crippen LogP contribution in [0.4, 0.5) is 0 Å². The summed E-state index contributed by atoms with van der Waals surface area (Å²) in [5.74, 6) is 0.0237. The fourth-order valence-corrected chi connectivity index (χ4v) is 2.15. The molecule has 0 fully saturated rings. The summed E-state index contributed by atoms with van der Waals surface area (Å²) >= 11 is 0. The second-order valence-corrected chi connectivity index (χ2v) is 4.50. The van der Waals surface area contributed by atoms with E-state index in [4.69, 9.17) is 5.73 Å². The first-order valence-corrected chi connectivity index (χ1v) is 6.35. The molecule has 0 bridgehead atoms. The molecule has 2 aromatic rings. The molecular formula is C15H18N2O. The molecule has 0 saturated heterocycles. The zero-order chi connectivity index (χ0) is 13.0. The molecule has 0 aliphatic rings. The second kappa shape index (κ2) is 5.74. The van der Waals surface area contributed by atoms with E-state index < -0.39 is 0 Å². The third kappa shape index (κ3) is 2.57. The van der Waals surface area contributed by atoms with E-state index in [-0.39, 0.29) is 11.7 Å². The lowest BCUT2D eigenvalue weighted by atomic mass is 9.94. The number of para-hydroxylation sites is 1. The van der Waals surface area contributed by atoms with Crippen LogP contribution in [-0.4, -0.2) is 17.3 Å². The Bertz CT molecular complexity index is 551. The lowest BCUT2D eigenvalue weighted by Crippen LogP contribution is -2.23. The molecule has 0 amide bonds. The summed E-state index contributed by atoms with van der Waals surface area (Å²) in [4.78, 5) is 16.6. The Labute approximate surface area is 107 Å². The fourth-order valence-electron chi connectivity index (χ4n) is 2.15. The minimum Gasteiger partial charge on any atom is -0.330 e. The normalized spacial score (nSPS) is 12.6. The molecule has 0 aliphatic carbocycles. The average Bonchev–Trinajstić information content (AvgIpc) is 2.43. The van der Waals surface area contributed by atoms with Crippen molar-refractivity contribution in [1.82, 2.24) is 4.98 Å². The highest BCUT2D eigenvalue weighted by Gasteiger charge is 2.18. The highest BCUT2D eigenvalue weighted by molar-refractivity contribution is 6.00. The van der Waals surface area contributed by atoms with E-state index in [0.29, 0.717) is 12.1 Å². The number of fused-ring (bicyclic) bond motifs is 1. The summed E-state index contributed by atoms with van der Waals surface area (Å²) in [5, 5.41) is 0.996. The molecule has 94 valence electrons. The number of carbonyl (C=O) groups excluding carboxylic acids is 1. The topological polar surface area (TPSA) is 56.0 Å². The van der Waals surface area contributed by atoms with Gasteiger partial charge in [0, 0.05) is 29.6 Å². The zero-order valence-electron chi connectivity index (χ0n) is 10.6. The van der Waals surface area contributed by atoms with Crippen LogP contribution >= 0.6 is 0 Å². The van der Waals surface area contributed by atoms with Gasteiger partial charge in [0.05, 0.1) is 5.52 Å². The van der Waals surface area contributed by atoms with E-state index in [2.05, 4.69) is 11.9 Å². The van der Waals surface area contributed by atoms with Crippen molar-refractivity contribution in [3.63, 3.8) is 0 Å². The number of hydrogen-bond acceptors (Lipinski definition) is 3. The second-order valence-electron chi connectivity index (χ2n) is 4.50. The molecule has 1 aromatic heterocycles. The van der Waals surface area contributed by atoms with Crippen molar-refractivity contribution in [3.8, 4) is 0 Å². The lowest BCUT2D eigenvalue weighted by Gasteiger charge is -2.12. The Morgan fingerprint density at radius 2 is 2.17 bits per heavy atom. The third-order valence-corrected chi connectivity index (χ3v) is 3.17. The van der Waals surface area contributed by atoms with Gasteiger partial charge in [-0.3, -0.25) is 9.78 Å². The highest BCUT2D eigenvalue weighted by Crippen LogP contribution is 2.17. The van der Waals surface area contributed by atoms with Crippen LogP contribution < -0.4 is 5.73 Å². The van der Waals surface area contributed by atoms with Crippen molar-refractivity contribution in [3.05, 3.63) is 42.1 Å². The first-order valence-electron chi connectivity index (χ1n) is 6.35. The SMILES string of the molecule is CCCC(CN)C(=O)c1cnc2ccccc2c1. The Balaban J connectivity index is 2.32. The molecule has 2 rings (SSSR count). The van der Waals surface area contributed by atoms with Gasteiger partial charge < -0.3 is 5.73 Å². The van der Waals surface area contributed by atoms with Gasteiger partial charge in [-0.05, 0) is 18.6 Å². The molecule has 2 N–H and O–H groups in total. The zero-order valence-corrected chi connectivity index (χ0v) is 10.6. The number of benzene rings is 1. The van der Waals surface area contributed by atoms with Gasteiger partial charge >= 0.3 is 0 Å². The van der Waals surface area contributed by atoms with Crippen molar-refractivity contribution in [2.75, 3.05) is 6.54 Å². The van der Waals surface area contributed by atoms with Crippen LogP contribution in [-0.2, 0) is 0 Å². The molecule has 3 nitrogen and oxygen atoms in total. The molecule has 0 radical (unpaired) electrons. The minimum absolute atomic E-state index is 0.0852. The van der Waals surface area contributed by atoms with Gasteiger partial charge in [0.25, 0.3) is 0 Å². The van der Waals surface area contributed by atoms with E-state index in [1.807, 2.05) is 30.3 Å². The summed E-state index contributed by atoms with van der Waals surface area (Å²) in [6.45, 7) is 2.47. The van der Waals surface area contributed by atoms with Gasteiger partial charge in [-0.25, -0.2) is 0 Å². The van der Waals surface area contributed by atoms with Gasteiger partial charge in [-0.15, -0.1) is 0 Å². The molecule has 0 aliphatic heterocycles. The first-order chi connectivity index (χ1) is 8.76. The largest absolute Gasteiger partial charge is 0.330 e. The molecular weight excluding hydrogens is 224 g/mol. The maximum absolute atomic E-state index is 12.3. The molecule has 0 saturated carbocycles. The van der Waals surface area contributed by atoms with Crippen molar-refractivity contribution in [2.24, 2.45) is 11.7 Å². The molecule has 1 unspecified atom stereocenters. The van der Waals surface area contributed by atoms with E-state index >= 15 is 0 Å². The quantitative estimate of drug-likeness (QED) is 0.820. The fraction of sp³-hybridized carbons (Fsp3) is 0.333. The predicted octanol–water partition coefficient (Wildman–Crippen LogP) is 2.79. The Morgan fingerprint density at radius 1 is 1.39 bits per heavy atom. The number of ketones is 1. The molecule has 1 aromatic carbocycles. The van der Waals surface area contributed by atoms with Crippen LogP contribution in [0.15, 0.2) is 36.5 Å². The van der Waals surface area contributed by atoms with Crippen molar-refractivity contribution in [2.45, 2.75) is 19.8 Å². The summed E-state index contributed by atoms with van der Waals surface area (Å²) in [6, 6.07) is 9.71. The number of pyridine rings is 1. The molecule has 18 heavy (non-hydrogen) atoms. The lowest BCUT2D eigenvalue weighted by molar-refractivity contribution is 0.0917. The monoisotopic (exact) mass is 242 g/mol. The summed E-state index contributed by atoms with van der Waals surface area (Å²) in [5.41, 5.74) is 7.24. The van der Waals surface area contributed by atoms with Crippen LogP contribution in [0.2, 0.25) is 0 Å². The number of hydrogen-bond donors (Lipinski definition) is 1. The average molecular weight is 242 g/mol. The van der Waals surface area contributed by atoms with E-state index in [9.17, 15) is 4.79 Å². The number of aromatic nitrogens is 1. The van der Waals surface area contributed by atoms with E-state index in [0.717, 1.165) is 23.7 Å². The Morgan fingerprint density at radius 3 is 2.89 bits per heavy atom. The van der Waals surface area contributed by atoms with Crippen LogP contribution in [0.1, 0.15) is 30.1 Å². The summed E-state index contributed by atoms with van der Waals surface area (Å²) < 4.78 is 0. The van der Waals surface area contributed by atoms with Gasteiger partial charge in [0.15, 0.2) is 5.78 Å². The maximum atomic E-state index is 12.3. The summed E-state index contributed by atoms with van der Waals surface area (Å²) in [6.07, 6.45) is 3.46. The smallest absolute Gasteiger partial charge is 0.168 e. The Hall–Kier alpha value is -1.74. The van der Waals surface area contributed by atoms with Crippen LogP contribution in [0, 0.1) is 5.92 Å². The third-order valence-electron chi connectivity index (χ3n) is 3.17. The van der Waals surface area contributed by atoms with Gasteiger partial charge in [-0.1, -0.05) is 31.5 Å².